The van der Waals surface area contributed by atoms with E-state index in [2.05, 4.69) is 20.3 Å². The fourth-order valence-electron chi connectivity index (χ4n) is 1.66. The Balaban J connectivity index is 1.91. The van der Waals surface area contributed by atoms with Gasteiger partial charge in [-0.05, 0) is 18.9 Å². The van der Waals surface area contributed by atoms with E-state index in [1.807, 2.05) is 0 Å². The summed E-state index contributed by atoms with van der Waals surface area (Å²) in [5, 5.41) is 5.75. The van der Waals surface area contributed by atoms with Crippen molar-refractivity contribution in [2.24, 2.45) is 0 Å². The van der Waals surface area contributed by atoms with E-state index in [9.17, 15) is 13.2 Å². The van der Waals surface area contributed by atoms with Crippen molar-refractivity contribution in [2.45, 2.75) is 30.2 Å². The van der Waals surface area contributed by atoms with Gasteiger partial charge in [0.15, 0.2) is 0 Å². The van der Waals surface area contributed by atoms with Gasteiger partial charge in [-0.15, -0.1) is 0 Å². The molecule has 0 unspecified atom stereocenters. The molecule has 0 spiro atoms. The Morgan fingerprint density at radius 1 is 1.48 bits per heavy atom. The molecule has 9 heteroatoms. The Morgan fingerprint density at radius 3 is 2.76 bits per heavy atom. The molecule has 1 amide bonds. The molecule has 1 aromatic rings. The van der Waals surface area contributed by atoms with Crippen LogP contribution in [0, 0.1) is 0 Å². The minimum atomic E-state index is -3.72. The van der Waals surface area contributed by atoms with Gasteiger partial charge < -0.3 is 10.6 Å². The van der Waals surface area contributed by atoms with Gasteiger partial charge >= 0.3 is 0 Å². The number of pyridine rings is 1. The summed E-state index contributed by atoms with van der Waals surface area (Å²) in [6.45, 7) is 0.0340. The van der Waals surface area contributed by atoms with E-state index in [0.29, 0.717) is 5.82 Å². The van der Waals surface area contributed by atoms with Crippen molar-refractivity contribution < 1.29 is 13.2 Å². The third kappa shape index (κ3) is 4.55. The van der Waals surface area contributed by atoms with Gasteiger partial charge in [0.2, 0.25) is 15.9 Å². The maximum absolute atomic E-state index is 12.0. The van der Waals surface area contributed by atoms with Gasteiger partial charge in [-0.25, -0.2) is 18.1 Å². The van der Waals surface area contributed by atoms with Gasteiger partial charge in [-0.1, -0.05) is 11.6 Å². The third-order valence-electron chi connectivity index (χ3n) is 2.95. The van der Waals surface area contributed by atoms with Crippen LogP contribution in [0.2, 0.25) is 5.02 Å². The van der Waals surface area contributed by atoms with Crippen molar-refractivity contribution >= 4 is 33.3 Å². The van der Waals surface area contributed by atoms with Crippen LogP contribution < -0.4 is 15.4 Å². The normalized spacial score (nSPS) is 14.8. The highest BCUT2D eigenvalue weighted by Gasteiger charge is 2.23. The zero-order valence-electron chi connectivity index (χ0n) is 11.5. The fourth-order valence-corrected chi connectivity index (χ4v) is 2.99. The molecule has 3 N–H and O–H groups in total. The van der Waals surface area contributed by atoms with E-state index >= 15 is 0 Å². The molecular weight excluding hydrogens is 316 g/mol. The number of nitrogens with one attached hydrogen (secondary N) is 3. The van der Waals surface area contributed by atoms with Crippen molar-refractivity contribution in [3.05, 3.63) is 17.3 Å². The SMILES string of the molecule is CNc1ncc(S(=O)(=O)NCCC(=O)NC2CC2)cc1Cl. The topological polar surface area (TPSA) is 100 Å². The van der Waals surface area contributed by atoms with E-state index in [4.69, 9.17) is 11.6 Å². The number of rotatable bonds is 7. The molecule has 1 aliphatic rings. The summed E-state index contributed by atoms with van der Waals surface area (Å²) in [4.78, 5) is 15.3. The first-order valence-electron chi connectivity index (χ1n) is 6.54. The molecular formula is C12H17ClN4O3S. The molecule has 0 saturated heterocycles. The number of halogens is 1. The monoisotopic (exact) mass is 332 g/mol. The molecule has 21 heavy (non-hydrogen) atoms. The average Bonchev–Trinajstić information content (AvgIpc) is 3.22. The molecule has 2 rings (SSSR count). The fraction of sp³-hybridized carbons (Fsp3) is 0.500. The molecule has 1 heterocycles. The highest BCUT2D eigenvalue weighted by molar-refractivity contribution is 7.89. The second kappa shape index (κ2) is 6.59. The van der Waals surface area contributed by atoms with Crippen LogP contribution in [0.3, 0.4) is 0 Å². The Hall–Kier alpha value is -1.38. The predicted octanol–water partition coefficient (Wildman–Crippen LogP) is 0.724. The molecule has 0 aliphatic heterocycles. The van der Waals surface area contributed by atoms with Gasteiger partial charge in [-0.2, -0.15) is 0 Å². The molecule has 116 valence electrons. The Kier molecular flexibility index (Phi) is 5.02. The first kappa shape index (κ1) is 16.0. The molecule has 0 radical (unpaired) electrons. The lowest BCUT2D eigenvalue weighted by atomic mass is 10.4. The molecule has 1 fully saturated rings. The number of hydrogen-bond acceptors (Lipinski definition) is 5. The first-order chi connectivity index (χ1) is 9.92. The van der Waals surface area contributed by atoms with Crippen LogP contribution >= 0.6 is 11.6 Å². The van der Waals surface area contributed by atoms with Crippen LogP contribution in [-0.4, -0.2) is 38.9 Å². The van der Waals surface area contributed by atoms with E-state index in [1.54, 1.807) is 7.05 Å². The van der Waals surface area contributed by atoms with E-state index in [0.717, 1.165) is 12.8 Å². The lowest BCUT2D eigenvalue weighted by molar-refractivity contribution is -0.121. The maximum Gasteiger partial charge on any atom is 0.242 e. The molecule has 1 aliphatic carbocycles. The minimum Gasteiger partial charge on any atom is -0.372 e. The van der Waals surface area contributed by atoms with Crippen molar-refractivity contribution in [2.75, 3.05) is 18.9 Å². The summed E-state index contributed by atoms with van der Waals surface area (Å²) in [7, 11) is -2.08. The molecule has 1 saturated carbocycles. The summed E-state index contributed by atoms with van der Waals surface area (Å²) < 4.78 is 26.4. The standard InChI is InChI=1S/C12H17ClN4O3S/c1-14-12-10(13)6-9(7-15-12)21(19,20)16-5-4-11(18)17-8-2-3-8/h6-8,16H,2-5H2,1H3,(H,14,15)(H,17,18). The third-order valence-corrected chi connectivity index (χ3v) is 4.67. The molecule has 0 atom stereocenters. The summed E-state index contributed by atoms with van der Waals surface area (Å²) in [6.07, 6.45) is 3.31. The summed E-state index contributed by atoms with van der Waals surface area (Å²) in [5.41, 5.74) is 0. The Bertz CT molecular complexity index is 631. The van der Waals surface area contributed by atoms with Crippen molar-refractivity contribution in [3.8, 4) is 0 Å². The summed E-state index contributed by atoms with van der Waals surface area (Å²) >= 11 is 5.90. The zero-order valence-corrected chi connectivity index (χ0v) is 13.1. The number of carbonyl (C=O) groups is 1. The molecule has 0 bridgehead atoms. The Morgan fingerprint density at radius 2 is 2.19 bits per heavy atom. The van der Waals surface area contributed by atoms with Gasteiger partial charge in [-0.3, -0.25) is 4.79 Å². The van der Waals surface area contributed by atoms with Gasteiger partial charge in [0.1, 0.15) is 10.7 Å². The molecule has 0 aromatic carbocycles. The van der Waals surface area contributed by atoms with Gasteiger partial charge in [0.05, 0.1) is 5.02 Å². The zero-order chi connectivity index (χ0) is 15.5. The van der Waals surface area contributed by atoms with E-state index in [-0.39, 0.29) is 34.8 Å². The lowest BCUT2D eigenvalue weighted by Gasteiger charge is -2.08. The number of sulfonamides is 1. The number of carbonyl (C=O) groups excluding carboxylic acids is 1. The second-order valence-corrected chi connectivity index (χ2v) is 6.92. The van der Waals surface area contributed by atoms with Gasteiger partial charge in [0.25, 0.3) is 0 Å². The second-order valence-electron chi connectivity index (χ2n) is 4.74. The van der Waals surface area contributed by atoms with Crippen LogP contribution in [0.1, 0.15) is 19.3 Å². The van der Waals surface area contributed by atoms with E-state index < -0.39 is 10.0 Å². The van der Waals surface area contributed by atoms with Crippen LogP contribution in [0.15, 0.2) is 17.2 Å². The number of amides is 1. The van der Waals surface area contributed by atoms with Crippen LogP contribution in [0.4, 0.5) is 5.82 Å². The largest absolute Gasteiger partial charge is 0.372 e. The van der Waals surface area contributed by atoms with Crippen molar-refractivity contribution in [1.29, 1.82) is 0 Å². The van der Waals surface area contributed by atoms with Crippen LogP contribution in [0.5, 0.6) is 0 Å². The van der Waals surface area contributed by atoms with Crippen LogP contribution in [-0.2, 0) is 14.8 Å². The highest BCUT2D eigenvalue weighted by Crippen LogP contribution is 2.22. The number of hydrogen-bond donors (Lipinski definition) is 3. The smallest absolute Gasteiger partial charge is 0.242 e. The quantitative estimate of drug-likeness (QED) is 0.683. The molecule has 7 nitrogen and oxygen atoms in total. The maximum atomic E-state index is 12.0. The number of nitrogens with zero attached hydrogens (tertiary/aromatic N) is 1. The lowest BCUT2D eigenvalue weighted by Crippen LogP contribution is -2.31. The number of aromatic nitrogens is 1. The van der Waals surface area contributed by atoms with Crippen molar-refractivity contribution in [1.82, 2.24) is 15.0 Å². The van der Waals surface area contributed by atoms with Gasteiger partial charge in [0, 0.05) is 32.3 Å². The summed E-state index contributed by atoms with van der Waals surface area (Å²) in [6, 6.07) is 1.58. The minimum absolute atomic E-state index is 0.0332. The summed E-state index contributed by atoms with van der Waals surface area (Å²) in [5.74, 6) is 0.251. The predicted molar refractivity (Wildman–Crippen MR) is 79.8 cm³/mol. The number of anilines is 1. The average molecular weight is 333 g/mol. The van der Waals surface area contributed by atoms with E-state index in [1.165, 1.54) is 12.3 Å². The van der Waals surface area contributed by atoms with Crippen molar-refractivity contribution in [3.63, 3.8) is 0 Å². The first-order valence-corrected chi connectivity index (χ1v) is 8.41. The molecule has 1 aromatic heterocycles. The Labute approximate surface area is 128 Å². The highest BCUT2D eigenvalue weighted by atomic mass is 35.5. The van der Waals surface area contributed by atoms with Crippen LogP contribution in [0.25, 0.3) is 0 Å².